The maximum absolute atomic E-state index is 12.6. The van der Waals surface area contributed by atoms with Gasteiger partial charge in [0.05, 0.1) is 24.8 Å². The number of amides is 1. The van der Waals surface area contributed by atoms with Crippen LogP contribution in [0.25, 0.3) is 0 Å². The molecule has 0 unspecified atom stereocenters. The first-order valence-corrected chi connectivity index (χ1v) is 8.66. The van der Waals surface area contributed by atoms with Gasteiger partial charge in [-0.3, -0.25) is 4.79 Å². The molecule has 1 aromatic heterocycles. The molecule has 1 aromatic rings. The third kappa shape index (κ3) is 4.32. The van der Waals surface area contributed by atoms with Crippen LogP contribution in [0.15, 0.2) is 6.20 Å². The third-order valence-electron chi connectivity index (χ3n) is 4.76. The van der Waals surface area contributed by atoms with Crippen molar-refractivity contribution in [3.8, 4) is 0 Å². The zero-order chi connectivity index (χ0) is 16.8. The zero-order valence-electron chi connectivity index (χ0n) is 14.8. The van der Waals surface area contributed by atoms with Gasteiger partial charge in [-0.15, -0.1) is 0 Å². The second-order valence-electron chi connectivity index (χ2n) is 6.36. The molecule has 2 heterocycles. The summed E-state index contributed by atoms with van der Waals surface area (Å²) >= 11 is 0. The van der Waals surface area contributed by atoms with E-state index in [0.717, 1.165) is 56.9 Å². The minimum absolute atomic E-state index is 0.0521. The maximum Gasteiger partial charge on any atom is 0.229 e. The molecule has 0 aliphatic carbocycles. The summed E-state index contributed by atoms with van der Waals surface area (Å²) < 4.78 is 7.09. The van der Waals surface area contributed by atoms with Crippen molar-refractivity contribution < 1.29 is 9.53 Å². The Morgan fingerprint density at radius 3 is 2.87 bits per heavy atom. The molecule has 0 spiro atoms. The van der Waals surface area contributed by atoms with Gasteiger partial charge >= 0.3 is 0 Å². The number of aryl methyl sites for hydroxylation is 1. The molecule has 1 aliphatic rings. The van der Waals surface area contributed by atoms with E-state index in [4.69, 9.17) is 4.74 Å². The van der Waals surface area contributed by atoms with Gasteiger partial charge in [0.25, 0.3) is 0 Å². The molecule has 130 valence electrons. The van der Waals surface area contributed by atoms with Crippen molar-refractivity contribution in [2.24, 2.45) is 5.92 Å². The molecule has 6 nitrogen and oxygen atoms in total. The third-order valence-corrected chi connectivity index (χ3v) is 4.76. The number of hydrogen-bond acceptors (Lipinski definition) is 4. The van der Waals surface area contributed by atoms with Crippen LogP contribution >= 0.6 is 0 Å². The van der Waals surface area contributed by atoms with Crippen molar-refractivity contribution in [3.05, 3.63) is 11.8 Å². The van der Waals surface area contributed by atoms with E-state index < -0.39 is 0 Å². The van der Waals surface area contributed by atoms with Crippen LogP contribution in [0.3, 0.4) is 0 Å². The predicted octanol–water partition coefficient (Wildman–Crippen LogP) is 2.46. The fourth-order valence-corrected chi connectivity index (χ4v) is 3.20. The van der Waals surface area contributed by atoms with Crippen LogP contribution in [-0.2, 0) is 9.53 Å². The lowest BCUT2D eigenvalue weighted by atomic mass is 10.1. The molecule has 0 saturated carbocycles. The van der Waals surface area contributed by atoms with E-state index in [1.54, 1.807) is 7.11 Å². The first kappa shape index (κ1) is 17.9. The Hall–Kier alpha value is -1.40. The summed E-state index contributed by atoms with van der Waals surface area (Å²) in [5.41, 5.74) is 1.03. The average Bonchev–Trinajstić information content (AvgIpc) is 3.16. The van der Waals surface area contributed by atoms with Gasteiger partial charge in [-0.05, 0) is 32.7 Å². The number of nitrogens with one attached hydrogen (secondary N) is 1. The minimum atomic E-state index is 0.0521. The van der Waals surface area contributed by atoms with Crippen LogP contribution in [0, 0.1) is 12.8 Å². The van der Waals surface area contributed by atoms with Crippen LogP contribution < -0.4 is 5.32 Å². The van der Waals surface area contributed by atoms with E-state index in [1.165, 1.54) is 0 Å². The highest BCUT2D eigenvalue weighted by molar-refractivity contribution is 5.92. The van der Waals surface area contributed by atoms with Gasteiger partial charge in [-0.1, -0.05) is 13.8 Å². The Morgan fingerprint density at radius 2 is 2.22 bits per heavy atom. The summed E-state index contributed by atoms with van der Waals surface area (Å²) in [4.78, 5) is 14.9. The van der Waals surface area contributed by atoms with E-state index in [0.29, 0.717) is 6.04 Å². The fourth-order valence-electron chi connectivity index (χ4n) is 3.20. The summed E-state index contributed by atoms with van der Waals surface area (Å²) in [5, 5.41) is 7.60. The average molecular weight is 322 g/mol. The number of anilines is 1. The van der Waals surface area contributed by atoms with Crippen LogP contribution in [0.4, 0.5) is 5.82 Å². The molecule has 1 N–H and O–H groups in total. The fraction of sp³-hybridized carbons (Fsp3) is 0.765. The second-order valence-corrected chi connectivity index (χ2v) is 6.36. The highest BCUT2D eigenvalue weighted by atomic mass is 16.5. The normalized spacial score (nSPS) is 18.7. The lowest BCUT2D eigenvalue weighted by molar-refractivity contribution is -0.119. The Balaban J connectivity index is 2.00. The van der Waals surface area contributed by atoms with Crippen LogP contribution in [-0.4, -0.2) is 53.9 Å². The number of methoxy groups -OCH3 is 1. The van der Waals surface area contributed by atoms with E-state index in [9.17, 15) is 4.79 Å². The van der Waals surface area contributed by atoms with Gasteiger partial charge in [-0.25, -0.2) is 4.68 Å². The topological polar surface area (TPSA) is 59.4 Å². The maximum atomic E-state index is 12.6. The predicted molar refractivity (Wildman–Crippen MR) is 91.6 cm³/mol. The molecule has 1 atom stereocenters. The molecular weight excluding hydrogens is 292 g/mol. The number of aromatic nitrogens is 2. The second kappa shape index (κ2) is 8.45. The number of ether oxygens (including phenoxy) is 1. The first-order valence-electron chi connectivity index (χ1n) is 8.66. The summed E-state index contributed by atoms with van der Waals surface area (Å²) in [7, 11) is 1.71. The molecule has 6 heteroatoms. The van der Waals surface area contributed by atoms with Gasteiger partial charge < -0.3 is 15.0 Å². The standard InChI is InChI=1S/C17H30N4O2/c1-5-15(6-2)21-16(13(3)11-18-21)19-17(22)14-7-8-20(12-14)9-10-23-4/h11,14-15H,5-10,12H2,1-4H3,(H,19,22)/t14-/m1/s1. The lowest BCUT2D eigenvalue weighted by Crippen LogP contribution is -2.30. The highest BCUT2D eigenvalue weighted by Gasteiger charge is 2.29. The van der Waals surface area contributed by atoms with Gasteiger partial charge in [-0.2, -0.15) is 5.10 Å². The van der Waals surface area contributed by atoms with Crippen molar-refractivity contribution in [3.63, 3.8) is 0 Å². The van der Waals surface area contributed by atoms with Gasteiger partial charge in [0.2, 0.25) is 5.91 Å². The molecule has 1 saturated heterocycles. The highest BCUT2D eigenvalue weighted by Crippen LogP contribution is 2.25. The van der Waals surface area contributed by atoms with Crippen molar-refractivity contribution in [1.82, 2.24) is 14.7 Å². The summed E-state index contributed by atoms with van der Waals surface area (Å²) in [6, 6.07) is 0.334. The SMILES string of the molecule is CCC(CC)n1ncc(C)c1NC(=O)[C@@H]1CCN(CCOC)C1. The number of carbonyl (C=O) groups excluding carboxylic acids is 1. The Morgan fingerprint density at radius 1 is 1.48 bits per heavy atom. The summed E-state index contributed by atoms with van der Waals surface area (Å²) in [6.45, 7) is 9.70. The minimum Gasteiger partial charge on any atom is -0.383 e. The van der Waals surface area contributed by atoms with Crippen molar-refractivity contribution >= 4 is 11.7 Å². The molecule has 2 rings (SSSR count). The molecule has 1 fully saturated rings. The van der Waals surface area contributed by atoms with Crippen LogP contribution in [0.2, 0.25) is 0 Å². The van der Waals surface area contributed by atoms with Gasteiger partial charge in [0.1, 0.15) is 5.82 Å². The zero-order valence-corrected chi connectivity index (χ0v) is 14.8. The summed E-state index contributed by atoms with van der Waals surface area (Å²) in [6.07, 6.45) is 4.77. The monoisotopic (exact) mass is 322 g/mol. The molecular formula is C17H30N4O2. The van der Waals surface area contributed by atoms with E-state index in [-0.39, 0.29) is 11.8 Å². The lowest BCUT2D eigenvalue weighted by Gasteiger charge is -2.19. The summed E-state index contributed by atoms with van der Waals surface area (Å²) in [5.74, 6) is 1.02. The Bertz CT molecular complexity index is 511. The smallest absolute Gasteiger partial charge is 0.229 e. The van der Waals surface area contributed by atoms with E-state index in [1.807, 2.05) is 17.8 Å². The molecule has 0 aromatic carbocycles. The van der Waals surface area contributed by atoms with Crippen molar-refractivity contribution in [1.29, 1.82) is 0 Å². The van der Waals surface area contributed by atoms with Crippen LogP contribution in [0.1, 0.15) is 44.7 Å². The number of hydrogen-bond donors (Lipinski definition) is 1. The number of likely N-dealkylation sites (tertiary alicyclic amines) is 1. The van der Waals surface area contributed by atoms with Crippen LogP contribution in [0.5, 0.6) is 0 Å². The van der Waals surface area contributed by atoms with Gasteiger partial charge in [0.15, 0.2) is 0 Å². The Labute approximate surface area is 139 Å². The van der Waals surface area contributed by atoms with E-state index in [2.05, 4.69) is 29.2 Å². The van der Waals surface area contributed by atoms with Crippen molar-refractivity contribution in [2.45, 2.75) is 46.1 Å². The number of nitrogens with zero attached hydrogens (tertiary/aromatic N) is 3. The molecule has 0 radical (unpaired) electrons. The number of carbonyl (C=O) groups is 1. The van der Waals surface area contributed by atoms with Crippen molar-refractivity contribution in [2.75, 3.05) is 38.7 Å². The number of rotatable bonds is 8. The molecule has 0 bridgehead atoms. The molecule has 1 amide bonds. The van der Waals surface area contributed by atoms with E-state index >= 15 is 0 Å². The first-order chi connectivity index (χ1) is 11.1. The molecule has 23 heavy (non-hydrogen) atoms. The molecule has 1 aliphatic heterocycles. The quantitative estimate of drug-likeness (QED) is 0.799. The largest absolute Gasteiger partial charge is 0.383 e. The van der Waals surface area contributed by atoms with Gasteiger partial charge in [0, 0.05) is 25.8 Å². The Kier molecular flexibility index (Phi) is 6.59.